The van der Waals surface area contributed by atoms with E-state index in [1.807, 2.05) is 19.1 Å². The number of methoxy groups -OCH3 is 2. The van der Waals surface area contributed by atoms with Crippen LogP contribution in [0, 0.1) is 6.92 Å². The zero-order valence-electron chi connectivity index (χ0n) is 19.3. The van der Waals surface area contributed by atoms with Gasteiger partial charge in [0.15, 0.2) is 23.0 Å². The van der Waals surface area contributed by atoms with Crippen LogP contribution in [0.15, 0.2) is 59.5 Å². The van der Waals surface area contributed by atoms with Crippen LogP contribution in [0.25, 0.3) is 0 Å². The third-order valence-electron chi connectivity index (χ3n) is 5.60. The number of aryl methyl sites for hydroxylation is 1. The number of ether oxygens (including phenoxy) is 2. The van der Waals surface area contributed by atoms with Crippen LogP contribution < -0.4 is 14.8 Å². The van der Waals surface area contributed by atoms with Gasteiger partial charge in [0.05, 0.1) is 19.1 Å². The van der Waals surface area contributed by atoms with E-state index < -0.39 is 10.1 Å². The van der Waals surface area contributed by atoms with Crippen LogP contribution in [0.1, 0.15) is 28.3 Å². The minimum atomic E-state index is -4.02. The molecule has 1 aliphatic rings. The normalized spacial score (nSPS) is 15.0. The van der Waals surface area contributed by atoms with Crippen molar-refractivity contribution in [2.45, 2.75) is 30.7 Å². The van der Waals surface area contributed by atoms with E-state index >= 15 is 0 Å². The second-order valence-corrected chi connectivity index (χ2v) is 9.40. The van der Waals surface area contributed by atoms with E-state index in [0.29, 0.717) is 11.5 Å². The van der Waals surface area contributed by atoms with Gasteiger partial charge in [-0.2, -0.15) is 8.42 Å². The molecule has 1 aliphatic heterocycles. The van der Waals surface area contributed by atoms with Gasteiger partial charge in [-0.25, -0.2) is 0 Å². The number of rotatable bonds is 5. The molecule has 0 radical (unpaired) electrons. The number of phenols is 2. The van der Waals surface area contributed by atoms with Gasteiger partial charge in [-0.3, -0.25) is 4.55 Å². The molecule has 0 saturated heterocycles. The molecule has 0 bridgehead atoms. The van der Waals surface area contributed by atoms with Crippen molar-refractivity contribution >= 4 is 10.1 Å². The molecule has 1 atom stereocenters. The second-order valence-electron chi connectivity index (χ2n) is 7.98. The van der Waals surface area contributed by atoms with Crippen molar-refractivity contribution in [3.8, 4) is 23.0 Å². The molecule has 4 N–H and O–H groups in total. The Bertz CT molecular complexity index is 1240. The first kappa shape index (κ1) is 25.4. The minimum Gasteiger partial charge on any atom is -0.504 e. The predicted octanol–water partition coefficient (Wildman–Crippen LogP) is 3.79. The van der Waals surface area contributed by atoms with E-state index in [0.717, 1.165) is 36.1 Å². The summed E-state index contributed by atoms with van der Waals surface area (Å²) in [6, 6.07) is 15.2. The summed E-state index contributed by atoms with van der Waals surface area (Å²) in [5, 5.41) is 23.5. The second kappa shape index (κ2) is 10.8. The highest BCUT2D eigenvalue weighted by molar-refractivity contribution is 7.85. The topological polar surface area (TPSA) is 125 Å². The molecule has 0 saturated carbocycles. The summed E-state index contributed by atoms with van der Waals surface area (Å²) in [5.74, 6) is 1.26. The third-order valence-corrected chi connectivity index (χ3v) is 6.47. The number of nitrogens with one attached hydrogen (secondary N) is 1. The maximum Gasteiger partial charge on any atom is 0.294 e. The first-order chi connectivity index (χ1) is 16.1. The molecule has 0 aliphatic carbocycles. The summed E-state index contributed by atoms with van der Waals surface area (Å²) in [6.07, 6.45) is 1.62. The summed E-state index contributed by atoms with van der Waals surface area (Å²) in [4.78, 5) is -0.0666. The number of phenolic OH excluding ortho intramolecular Hbond substituents is 2. The summed E-state index contributed by atoms with van der Waals surface area (Å²) in [6.45, 7) is 2.71. The fraction of sp³-hybridized carbons (Fsp3) is 0.280. The lowest BCUT2D eigenvalue weighted by Gasteiger charge is -2.28. The van der Waals surface area contributed by atoms with E-state index in [1.54, 1.807) is 37.4 Å². The molecule has 0 fully saturated rings. The van der Waals surface area contributed by atoms with Crippen LogP contribution >= 0.6 is 0 Å². The van der Waals surface area contributed by atoms with Gasteiger partial charge in [-0.15, -0.1) is 0 Å². The van der Waals surface area contributed by atoms with Crippen molar-refractivity contribution in [2.75, 3.05) is 20.8 Å². The Morgan fingerprint density at radius 3 is 2.18 bits per heavy atom. The van der Waals surface area contributed by atoms with E-state index in [-0.39, 0.29) is 22.4 Å². The van der Waals surface area contributed by atoms with Gasteiger partial charge in [-0.05, 0) is 79.4 Å². The smallest absolute Gasteiger partial charge is 0.294 e. The molecule has 3 aromatic carbocycles. The Labute approximate surface area is 199 Å². The average Bonchev–Trinajstić information content (AvgIpc) is 2.79. The highest BCUT2D eigenvalue weighted by atomic mass is 32.2. The number of benzene rings is 3. The van der Waals surface area contributed by atoms with Crippen molar-refractivity contribution in [2.24, 2.45) is 0 Å². The van der Waals surface area contributed by atoms with E-state index in [2.05, 4.69) is 5.32 Å². The predicted molar refractivity (Wildman–Crippen MR) is 128 cm³/mol. The molecule has 1 heterocycles. The van der Waals surface area contributed by atoms with E-state index in [9.17, 15) is 18.6 Å². The van der Waals surface area contributed by atoms with Gasteiger partial charge in [0.1, 0.15) is 0 Å². The van der Waals surface area contributed by atoms with E-state index in [1.165, 1.54) is 24.8 Å². The summed E-state index contributed by atoms with van der Waals surface area (Å²) < 4.78 is 39.8. The van der Waals surface area contributed by atoms with Crippen molar-refractivity contribution < 1.29 is 32.7 Å². The number of fused-ring (bicyclic) bond motifs is 1. The molecule has 8 nitrogen and oxygen atoms in total. The number of aromatic hydroxyl groups is 2. The van der Waals surface area contributed by atoms with Gasteiger partial charge >= 0.3 is 0 Å². The first-order valence-corrected chi connectivity index (χ1v) is 12.1. The van der Waals surface area contributed by atoms with Crippen LogP contribution in [0.2, 0.25) is 0 Å². The SMILES string of the molecule is COc1ccc(C[C@@H]2NCCc3cc(OC)c(O)cc32)cc1O.Cc1ccc(S(=O)(=O)O)cc1. The number of hydrogen-bond acceptors (Lipinski definition) is 7. The van der Waals surface area contributed by atoms with Crippen LogP contribution in [0.4, 0.5) is 0 Å². The Kier molecular flexibility index (Phi) is 8.03. The van der Waals surface area contributed by atoms with Gasteiger partial charge in [-0.1, -0.05) is 23.8 Å². The molecular weight excluding hydrogens is 458 g/mol. The standard InChI is InChI=1S/C18H21NO4.C7H8O3S/c1-22-17-4-3-11(8-15(17)20)7-14-13-10-16(21)18(23-2)9-12(13)5-6-19-14;1-6-2-4-7(5-3-6)11(8,9)10/h3-4,8-10,14,19-21H,5-7H2,1-2H3;2-5H,1H3,(H,8,9,10)/t14-;/m0./s1. The molecule has 0 unspecified atom stereocenters. The average molecular weight is 488 g/mol. The highest BCUT2D eigenvalue weighted by Crippen LogP contribution is 2.36. The first-order valence-electron chi connectivity index (χ1n) is 10.7. The zero-order valence-corrected chi connectivity index (χ0v) is 20.1. The molecule has 34 heavy (non-hydrogen) atoms. The maximum absolute atomic E-state index is 10.5. The summed E-state index contributed by atoms with van der Waals surface area (Å²) in [5.41, 5.74) is 4.22. The summed E-state index contributed by atoms with van der Waals surface area (Å²) in [7, 11) is -0.932. The van der Waals surface area contributed by atoms with Crippen LogP contribution in [0.5, 0.6) is 23.0 Å². The molecule has 0 amide bonds. The lowest BCUT2D eigenvalue weighted by Crippen LogP contribution is -2.31. The van der Waals surface area contributed by atoms with Gasteiger partial charge < -0.3 is 25.0 Å². The van der Waals surface area contributed by atoms with E-state index in [4.69, 9.17) is 14.0 Å². The molecule has 182 valence electrons. The molecule has 3 aromatic rings. The largest absolute Gasteiger partial charge is 0.504 e. The van der Waals surface area contributed by atoms with Crippen molar-refractivity contribution in [1.82, 2.24) is 5.32 Å². The fourth-order valence-electron chi connectivity index (χ4n) is 3.81. The lowest BCUT2D eigenvalue weighted by molar-refractivity contribution is 0.369. The Morgan fingerprint density at radius 1 is 0.941 bits per heavy atom. The third kappa shape index (κ3) is 6.19. The van der Waals surface area contributed by atoms with Crippen molar-refractivity contribution in [3.63, 3.8) is 0 Å². The van der Waals surface area contributed by atoms with Crippen LogP contribution in [0.3, 0.4) is 0 Å². The Morgan fingerprint density at radius 2 is 1.59 bits per heavy atom. The minimum absolute atomic E-state index is 0.0666. The Balaban J connectivity index is 0.000000248. The zero-order chi connectivity index (χ0) is 24.9. The van der Waals surface area contributed by atoms with Crippen molar-refractivity contribution in [1.29, 1.82) is 0 Å². The highest BCUT2D eigenvalue weighted by Gasteiger charge is 2.22. The molecule has 0 aromatic heterocycles. The Hall–Kier alpha value is -3.27. The molecule has 9 heteroatoms. The van der Waals surface area contributed by atoms with Crippen LogP contribution in [-0.2, 0) is 23.0 Å². The number of hydrogen-bond donors (Lipinski definition) is 4. The molecule has 4 rings (SSSR count). The monoisotopic (exact) mass is 487 g/mol. The lowest BCUT2D eigenvalue weighted by atomic mass is 9.90. The maximum atomic E-state index is 10.5. The van der Waals surface area contributed by atoms with Crippen LogP contribution in [-0.4, -0.2) is 43.9 Å². The van der Waals surface area contributed by atoms with Crippen molar-refractivity contribution in [3.05, 3.63) is 76.9 Å². The molecular formula is C25H29NO7S. The van der Waals surface area contributed by atoms with Gasteiger partial charge in [0, 0.05) is 6.04 Å². The van der Waals surface area contributed by atoms with Gasteiger partial charge in [0.2, 0.25) is 0 Å². The summed E-state index contributed by atoms with van der Waals surface area (Å²) >= 11 is 0. The van der Waals surface area contributed by atoms with Gasteiger partial charge in [0.25, 0.3) is 10.1 Å². The fourth-order valence-corrected chi connectivity index (χ4v) is 4.29. The quantitative estimate of drug-likeness (QED) is 0.401. The molecule has 0 spiro atoms.